The first-order valence-electron chi connectivity index (χ1n) is 2.96. The van der Waals surface area contributed by atoms with E-state index < -0.39 is 24.1 Å². The van der Waals surface area contributed by atoms with Crippen molar-refractivity contribution < 1.29 is 16.8 Å². The molecule has 1 heterocycles. The summed E-state index contributed by atoms with van der Waals surface area (Å²) in [6.45, 7) is 1.30. The highest BCUT2D eigenvalue weighted by molar-refractivity contribution is 8.32. The number of rotatable bonds is 0. The number of aliphatic imine (C=N–C) groups is 1. The number of nitrogens with zero attached hydrogens (tertiary/aromatic N) is 1. The molecular formula is C5H7NO4S2. The summed E-state index contributed by atoms with van der Waals surface area (Å²) in [5.74, 6) is 0. The normalized spacial score (nSPS) is 21.8. The van der Waals surface area contributed by atoms with E-state index in [1.54, 1.807) is 0 Å². The van der Waals surface area contributed by atoms with E-state index in [4.69, 9.17) is 0 Å². The first-order valence-corrected chi connectivity index (χ1v) is 6.33. The van der Waals surface area contributed by atoms with Crippen LogP contribution in [0, 0.1) is 0 Å². The van der Waals surface area contributed by atoms with Crippen molar-refractivity contribution in [2.24, 2.45) is 4.99 Å². The van der Waals surface area contributed by atoms with Crippen molar-refractivity contribution in [3.8, 4) is 0 Å². The summed E-state index contributed by atoms with van der Waals surface area (Å²) in [6, 6.07) is 0. The van der Waals surface area contributed by atoms with Gasteiger partial charge in [0.15, 0.2) is 0 Å². The van der Waals surface area contributed by atoms with Crippen LogP contribution in [0.5, 0.6) is 0 Å². The number of hydrogen-bond donors (Lipinski definition) is 0. The van der Waals surface area contributed by atoms with Crippen LogP contribution in [0.1, 0.15) is 6.92 Å². The maximum atomic E-state index is 11.2. The Bertz CT molecular complexity index is 466. The van der Waals surface area contributed by atoms with Crippen LogP contribution in [0.3, 0.4) is 0 Å². The van der Waals surface area contributed by atoms with E-state index in [0.29, 0.717) is 0 Å². The van der Waals surface area contributed by atoms with Crippen LogP contribution in [-0.2, 0) is 19.7 Å². The van der Waals surface area contributed by atoms with Gasteiger partial charge in [-0.25, -0.2) is 21.8 Å². The average Bonchev–Trinajstić information content (AvgIpc) is 2.06. The highest BCUT2D eigenvalue weighted by Crippen LogP contribution is 2.18. The molecule has 0 unspecified atom stereocenters. The third-order valence-corrected chi connectivity index (χ3v) is 5.15. The summed E-state index contributed by atoms with van der Waals surface area (Å²) >= 11 is 0. The van der Waals surface area contributed by atoms with Gasteiger partial charge in [0.25, 0.3) is 4.38 Å². The molecule has 0 N–H and O–H groups in total. The van der Waals surface area contributed by atoms with Crippen LogP contribution in [0.15, 0.2) is 16.1 Å². The predicted octanol–water partition coefficient (Wildman–Crippen LogP) is -0.323. The highest BCUT2D eigenvalue weighted by Gasteiger charge is 2.33. The lowest BCUT2D eigenvalue weighted by molar-refractivity contribution is 0.609. The summed E-state index contributed by atoms with van der Waals surface area (Å²) in [7, 11) is -7.53. The van der Waals surface area contributed by atoms with Gasteiger partial charge in [0.2, 0.25) is 19.7 Å². The average molecular weight is 209 g/mol. The first kappa shape index (κ1) is 9.40. The molecule has 12 heavy (non-hydrogen) atoms. The van der Waals surface area contributed by atoms with Gasteiger partial charge in [-0.15, -0.1) is 0 Å². The monoisotopic (exact) mass is 209 g/mol. The third-order valence-electron chi connectivity index (χ3n) is 1.32. The Morgan fingerprint density at radius 3 is 2.08 bits per heavy atom. The zero-order valence-corrected chi connectivity index (χ0v) is 8.11. The highest BCUT2D eigenvalue weighted by atomic mass is 32.3. The molecular weight excluding hydrogens is 202 g/mol. The summed E-state index contributed by atoms with van der Waals surface area (Å²) in [5.41, 5.74) is 0. The largest absolute Gasteiger partial charge is 0.251 e. The second-order valence-electron chi connectivity index (χ2n) is 2.41. The van der Waals surface area contributed by atoms with Crippen molar-refractivity contribution >= 4 is 24.1 Å². The summed E-state index contributed by atoms with van der Waals surface area (Å²) in [4.78, 5) is 3.28. The molecule has 0 aromatic rings. The molecule has 0 spiro atoms. The van der Waals surface area contributed by atoms with E-state index in [9.17, 15) is 16.8 Å². The topological polar surface area (TPSA) is 80.6 Å². The van der Waals surface area contributed by atoms with Gasteiger partial charge in [-0.1, -0.05) is 0 Å². The molecule has 1 rings (SSSR count). The zero-order valence-electron chi connectivity index (χ0n) is 6.47. The van der Waals surface area contributed by atoms with Crippen LogP contribution in [-0.4, -0.2) is 27.5 Å². The van der Waals surface area contributed by atoms with Gasteiger partial charge < -0.3 is 0 Å². The molecule has 0 fully saturated rings. The fraction of sp³-hybridized carbons (Fsp3) is 0.400. The molecule has 0 atom stereocenters. The Labute approximate surface area is 70.6 Å². The second-order valence-corrected chi connectivity index (χ2v) is 6.64. The minimum Gasteiger partial charge on any atom is -0.233 e. The molecule has 5 nitrogen and oxygen atoms in total. The van der Waals surface area contributed by atoms with Crippen molar-refractivity contribution in [2.45, 2.75) is 6.92 Å². The van der Waals surface area contributed by atoms with E-state index in [0.717, 1.165) is 12.5 Å². The Morgan fingerprint density at radius 2 is 1.92 bits per heavy atom. The Morgan fingerprint density at radius 1 is 1.42 bits per heavy atom. The van der Waals surface area contributed by atoms with Crippen molar-refractivity contribution in [1.82, 2.24) is 0 Å². The van der Waals surface area contributed by atoms with Crippen molar-refractivity contribution in [3.63, 3.8) is 0 Å². The quantitative estimate of drug-likeness (QED) is 0.547. The minimum absolute atomic E-state index is 0.0390. The third kappa shape index (κ3) is 1.29. The molecule has 0 aliphatic carbocycles. The minimum atomic E-state index is -3.80. The van der Waals surface area contributed by atoms with Gasteiger partial charge in [-0.3, -0.25) is 0 Å². The van der Waals surface area contributed by atoms with Crippen LogP contribution in [0.4, 0.5) is 0 Å². The van der Waals surface area contributed by atoms with Gasteiger partial charge in [0.05, 0.1) is 4.91 Å². The molecule has 0 aromatic carbocycles. The fourth-order valence-electron chi connectivity index (χ4n) is 0.715. The van der Waals surface area contributed by atoms with E-state index in [1.807, 2.05) is 0 Å². The Balaban J connectivity index is 3.41. The lowest BCUT2D eigenvalue weighted by Crippen LogP contribution is -2.21. The van der Waals surface area contributed by atoms with Gasteiger partial charge in [0.1, 0.15) is 0 Å². The van der Waals surface area contributed by atoms with E-state index in [1.165, 1.54) is 6.92 Å². The Kier molecular flexibility index (Phi) is 1.88. The van der Waals surface area contributed by atoms with Crippen LogP contribution >= 0.6 is 0 Å². The summed E-state index contributed by atoms with van der Waals surface area (Å²) in [6.07, 6.45) is 1.85. The van der Waals surface area contributed by atoms with Gasteiger partial charge in [0, 0.05) is 12.5 Å². The maximum absolute atomic E-state index is 11.2. The Hall–Kier alpha value is -0.690. The number of sulfone groups is 2. The van der Waals surface area contributed by atoms with Crippen LogP contribution in [0.2, 0.25) is 0 Å². The standard InChI is InChI=1S/C5H7NO4S2/c1-4-3-6-5(11(2,7)8)12(4,9)10/h3H,1-2H3. The van der Waals surface area contributed by atoms with Crippen molar-refractivity contribution in [3.05, 3.63) is 11.1 Å². The van der Waals surface area contributed by atoms with Crippen LogP contribution < -0.4 is 0 Å². The van der Waals surface area contributed by atoms with E-state index >= 15 is 0 Å². The van der Waals surface area contributed by atoms with Gasteiger partial charge in [-0.2, -0.15) is 0 Å². The second kappa shape index (κ2) is 2.40. The molecule has 0 radical (unpaired) electrons. The molecule has 1 aliphatic heterocycles. The molecule has 0 saturated carbocycles. The maximum Gasteiger partial charge on any atom is 0.251 e. The molecule has 1 aliphatic rings. The lowest BCUT2D eigenvalue weighted by Gasteiger charge is -1.97. The zero-order chi connectivity index (χ0) is 9.57. The number of hydrogen-bond acceptors (Lipinski definition) is 5. The lowest BCUT2D eigenvalue weighted by atomic mass is 10.7. The van der Waals surface area contributed by atoms with E-state index in [2.05, 4.69) is 4.99 Å². The molecule has 7 heteroatoms. The predicted molar refractivity (Wildman–Crippen MR) is 45.0 cm³/mol. The van der Waals surface area contributed by atoms with Crippen molar-refractivity contribution in [2.75, 3.05) is 6.26 Å². The van der Waals surface area contributed by atoms with Crippen molar-refractivity contribution in [1.29, 1.82) is 0 Å². The first-order chi connectivity index (χ1) is 5.26. The van der Waals surface area contributed by atoms with Crippen LogP contribution in [0.25, 0.3) is 0 Å². The van der Waals surface area contributed by atoms with Gasteiger partial charge in [-0.05, 0) is 6.92 Å². The molecule has 0 aromatic heterocycles. The van der Waals surface area contributed by atoms with E-state index in [-0.39, 0.29) is 4.91 Å². The molecule has 0 bridgehead atoms. The number of allylic oxidation sites excluding steroid dienone is 1. The molecule has 0 saturated heterocycles. The smallest absolute Gasteiger partial charge is 0.233 e. The summed E-state index contributed by atoms with van der Waals surface area (Å²) in [5, 5.41) is 0. The fourth-order valence-corrected chi connectivity index (χ4v) is 3.61. The summed E-state index contributed by atoms with van der Waals surface area (Å²) < 4.78 is 43.3. The van der Waals surface area contributed by atoms with Gasteiger partial charge >= 0.3 is 0 Å². The molecule has 68 valence electrons. The SMILES string of the molecule is CC1=CN=C(S(C)(=O)=O)S1(=O)=O. The molecule has 0 amide bonds.